The molecule has 1 saturated heterocycles. The van der Waals surface area contributed by atoms with Crippen molar-refractivity contribution in [3.63, 3.8) is 0 Å². The van der Waals surface area contributed by atoms with Crippen molar-refractivity contribution in [3.8, 4) is 11.5 Å². The first-order chi connectivity index (χ1) is 14.6. The lowest BCUT2D eigenvalue weighted by Crippen LogP contribution is -2.35. The van der Waals surface area contributed by atoms with Crippen LogP contribution in [0.25, 0.3) is 0 Å². The molecule has 1 heterocycles. The highest BCUT2D eigenvalue weighted by Crippen LogP contribution is 2.38. The number of halogens is 2. The molecule has 1 saturated carbocycles. The van der Waals surface area contributed by atoms with Gasteiger partial charge in [0, 0.05) is 0 Å². The summed E-state index contributed by atoms with van der Waals surface area (Å²) in [6.45, 7) is 5.48. The standard InChI is InChI=1S/C25H36F2O3/c1-3-5-15-28-22-13-14-23(25(27)24(22)26)30-17-21-12-11-20(16-29-21)19-9-7-18(6-4-2)8-10-19/h4,6,13-14,18-21H,3,5,7-12,15-17H2,1-2H3. The molecule has 0 radical (unpaired) electrons. The average molecular weight is 423 g/mol. The Bertz CT molecular complexity index is 675. The summed E-state index contributed by atoms with van der Waals surface area (Å²) in [5, 5.41) is 0. The zero-order chi connectivity index (χ0) is 21.3. The van der Waals surface area contributed by atoms with Crippen molar-refractivity contribution >= 4 is 0 Å². The Balaban J connectivity index is 1.42. The fourth-order valence-corrected chi connectivity index (χ4v) is 4.66. The smallest absolute Gasteiger partial charge is 0.204 e. The number of benzene rings is 1. The summed E-state index contributed by atoms with van der Waals surface area (Å²) >= 11 is 0. The van der Waals surface area contributed by atoms with Crippen LogP contribution in [0.2, 0.25) is 0 Å². The van der Waals surface area contributed by atoms with Crippen LogP contribution in [0.4, 0.5) is 8.78 Å². The van der Waals surface area contributed by atoms with Crippen LogP contribution >= 0.6 is 0 Å². The maximum absolute atomic E-state index is 14.3. The minimum atomic E-state index is -0.990. The van der Waals surface area contributed by atoms with Gasteiger partial charge in [0.15, 0.2) is 11.5 Å². The summed E-state index contributed by atoms with van der Waals surface area (Å²) < 4.78 is 45.3. The van der Waals surface area contributed by atoms with Crippen LogP contribution in [0.5, 0.6) is 11.5 Å². The maximum Gasteiger partial charge on any atom is 0.204 e. The Morgan fingerprint density at radius 3 is 2.23 bits per heavy atom. The van der Waals surface area contributed by atoms with Crippen molar-refractivity contribution in [2.75, 3.05) is 19.8 Å². The van der Waals surface area contributed by atoms with E-state index in [9.17, 15) is 8.78 Å². The van der Waals surface area contributed by atoms with E-state index in [1.807, 2.05) is 6.92 Å². The molecule has 2 fully saturated rings. The SMILES string of the molecule is CC=CC1CCC(C2CCC(COc3ccc(OCCCC)c(F)c3F)OC2)CC1. The predicted molar refractivity (Wildman–Crippen MR) is 115 cm³/mol. The first kappa shape index (κ1) is 23.1. The van der Waals surface area contributed by atoms with E-state index < -0.39 is 11.6 Å². The molecule has 2 unspecified atom stereocenters. The Morgan fingerprint density at radius 1 is 0.967 bits per heavy atom. The van der Waals surface area contributed by atoms with Gasteiger partial charge in [-0.2, -0.15) is 8.78 Å². The molecule has 0 aromatic heterocycles. The zero-order valence-corrected chi connectivity index (χ0v) is 18.4. The second-order valence-electron chi connectivity index (χ2n) is 8.70. The normalized spacial score (nSPS) is 27.3. The van der Waals surface area contributed by atoms with Gasteiger partial charge in [-0.25, -0.2) is 0 Å². The van der Waals surface area contributed by atoms with Gasteiger partial charge in [0.1, 0.15) is 6.61 Å². The second-order valence-corrected chi connectivity index (χ2v) is 8.70. The summed E-state index contributed by atoms with van der Waals surface area (Å²) in [6, 6.07) is 2.87. The molecule has 1 aromatic carbocycles. The Hall–Kier alpha value is -1.62. The third-order valence-corrected chi connectivity index (χ3v) is 6.54. The summed E-state index contributed by atoms with van der Waals surface area (Å²) in [4.78, 5) is 0. The van der Waals surface area contributed by atoms with Gasteiger partial charge in [0.05, 0.1) is 19.3 Å². The van der Waals surface area contributed by atoms with Gasteiger partial charge >= 0.3 is 0 Å². The van der Waals surface area contributed by atoms with Crippen LogP contribution in [0, 0.1) is 29.4 Å². The molecule has 5 heteroatoms. The second kappa shape index (κ2) is 11.7. The topological polar surface area (TPSA) is 27.7 Å². The van der Waals surface area contributed by atoms with Crippen molar-refractivity contribution in [2.24, 2.45) is 17.8 Å². The van der Waals surface area contributed by atoms with Gasteiger partial charge in [-0.15, -0.1) is 0 Å². The first-order valence-corrected chi connectivity index (χ1v) is 11.6. The molecule has 168 valence electrons. The highest BCUT2D eigenvalue weighted by molar-refractivity contribution is 5.35. The van der Waals surface area contributed by atoms with Gasteiger partial charge < -0.3 is 14.2 Å². The van der Waals surface area contributed by atoms with E-state index in [4.69, 9.17) is 14.2 Å². The van der Waals surface area contributed by atoms with E-state index in [0.717, 1.165) is 44.1 Å². The molecule has 30 heavy (non-hydrogen) atoms. The van der Waals surface area contributed by atoms with Crippen LogP contribution in [0.1, 0.15) is 65.2 Å². The zero-order valence-electron chi connectivity index (χ0n) is 18.4. The third-order valence-electron chi connectivity index (χ3n) is 6.54. The number of unbranched alkanes of at least 4 members (excludes halogenated alkanes) is 1. The van der Waals surface area contributed by atoms with E-state index >= 15 is 0 Å². The number of hydrogen-bond donors (Lipinski definition) is 0. The van der Waals surface area contributed by atoms with Crippen molar-refractivity contribution < 1.29 is 23.0 Å². The lowest BCUT2D eigenvalue weighted by Gasteiger charge is -2.37. The van der Waals surface area contributed by atoms with Crippen LogP contribution in [-0.2, 0) is 4.74 Å². The number of hydrogen-bond acceptors (Lipinski definition) is 3. The summed E-state index contributed by atoms with van der Waals surface area (Å²) in [7, 11) is 0. The minimum absolute atomic E-state index is 0.0609. The monoisotopic (exact) mass is 422 g/mol. The van der Waals surface area contributed by atoms with Crippen LogP contribution in [0.15, 0.2) is 24.3 Å². The number of ether oxygens (including phenoxy) is 3. The van der Waals surface area contributed by atoms with Crippen molar-refractivity contribution in [1.82, 2.24) is 0 Å². The lowest BCUT2D eigenvalue weighted by atomic mass is 9.74. The van der Waals surface area contributed by atoms with Gasteiger partial charge in [0.2, 0.25) is 11.6 Å². The summed E-state index contributed by atoms with van der Waals surface area (Å²) in [5.41, 5.74) is 0. The Morgan fingerprint density at radius 2 is 1.63 bits per heavy atom. The lowest BCUT2D eigenvalue weighted by molar-refractivity contribution is -0.0558. The maximum atomic E-state index is 14.3. The molecule has 1 aliphatic heterocycles. The number of allylic oxidation sites excluding steroid dienone is 2. The molecule has 1 aromatic rings. The van der Waals surface area contributed by atoms with Crippen LogP contribution in [-0.4, -0.2) is 25.9 Å². The van der Waals surface area contributed by atoms with Crippen molar-refractivity contribution in [1.29, 1.82) is 0 Å². The Kier molecular flexibility index (Phi) is 8.98. The molecule has 0 amide bonds. The third kappa shape index (κ3) is 6.19. The van der Waals surface area contributed by atoms with E-state index in [1.54, 1.807) is 0 Å². The van der Waals surface area contributed by atoms with Crippen LogP contribution in [0.3, 0.4) is 0 Å². The first-order valence-electron chi connectivity index (χ1n) is 11.6. The highest BCUT2D eigenvalue weighted by Gasteiger charge is 2.31. The molecule has 2 atom stereocenters. The molecule has 0 N–H and O–H groups in total. The fraction of sp³-hybridized carbons (Fsp3) is 0.680. The average Bonchev–Trinajstić information content (AvgIpc) is 2.77. The Labute approximate surface area is 179 Å². The van der Waals surface area contributed by atoms with Gasteiger partial charge in [-0.1, -0.05) is 25.5 Å². The molecule has 1 aliphatic carbocycles. The van der Waals surface area contributed by atoms with E-state index in [1.165, 1.54) is 37.8 Å². The quantitative estimate of drug-likeness (QED) is 0.327. The molecular formula is C25H36F2O3. The highest BCUT2D eigenvalue weighted by atomic mass is 19.2. The van der Waals surface area contributed by atoms with Crippen molar-refractivity contribution in [2.45, 2.75) is 71.3 Å². The van der Waals surface area contributed by atoms with E-state index in [-0.39, 0.29) is 24.2 Å². The minimum Gasteiger partial charge on any atom is -0.490 e. The summed E-state index contributed by atoms with van der Waals surface area (Å²) in [6.07, 6.45) is 13.3. The van der Waals surface area contributed by atoms with E-state index in [2.05, 4.69) is 19.1 Å². The predicted octanol–water partition coefficient (Wildman–Crippen LogP) is 6.70. The van der Waals surface area contributed by atoms with Gasteiger partial charge in [-0.3, -0.25) is 0 Å². The molecule has 0 bridgehead atoms. The van der Waals surface area contributed by atoms with Crippen LogP contribution < -0.4 is 9.47 Å². The molecule has 3 nitrogen and oxygen atoms in total. The molecule has 2 aliphatic rings. The molecular weight excluding hydrogens is 386 g/mol. The molecule has 3 rings (SSSR count). The van der Waals surface area contributed by atoms with Gasteiger partial charge in [-0.05, 0) is 81.8 Å². The fourth-order valence-electron chi connectivity index (χ4n) is 4.66. The van der Waals surface area contributed by atoms with Gasteiger partial charge in [0.25, 0.3) is 0 Å². The van der Waals surface area contributed by atoms with Crippen molar-refractivity contribution in [3.05, 3.63) is 35.9 Å². The molecule has 0 spiro atoms. The summed E-state index contributed by atoms with van der Waals surface area (Å²) in [5.74, 6) is -0.00719. The largest absolute Gasteiger partial charge is 0.490 e. The van der Waals surface area contributed by atoms with E-state index in [0.29, 0.717) is 12.5 Å². The number of rotatable bonds is 9.